The lowest BCUT2D eigenvalue weighted by Gasteiger charge is -2.28. The summed E-state index contributed by atoms with van der Waals surface area (Å²) in [6.45, 7) is 1.21. The predicted molar refractivity (Wildman–Crippen MR) is 149 cm³/mol. The maximum Gasteiger partial charge on any atom is 0.305 e. The van der Waals surface area contributed by atoms with Crippen LogP contribution in [0.1, 0.15) is 129 Å². The predicted octanol–water partition coefficient (Wildman–Crippen LogP) is 5.22. The van der Waals surface area contributed by atoms with Gasteiger partial charge in [-0.25, -0.2) is 0 Å². The summed E-state index contributed by atoms with van der Waals surface area (Å²) in [6.07, 6.45) is 16.5. The highest BCUT2D eigenvalue weighted by atomic mass is 16.6. The van der Waals surface area contributed by atoms with Crippen LogP contribution in [0.5, 0.6) is 0 Å². The number of hydrogen-bond acceptors (Lipinski definition) is 9. The summed E-state index contributed by atoms with van der Waals surface area (Å²) in [5, 5.41) is 19.5. The van der Waals surface area contributed by atoms with Gasteiger partial charge in [-0.3, -0.25) is 14.4 Å². The molecule has 0 unspecified atom stereocenters. The molecule has 0 aromatic heterocycles. The molecule has 0 aliphatic heterocycles. The summed E-state index contributed by atoms with van der Waals surface area (Å²) in [5.41, 5.74) is -1.25. The number of ether oxygens (including phenoxy) is 3. The number of rotatable bonds is 28. The fraction of sp³-hybridized carbons (Fsp3) is 0.867. The van der Waals surface area contributed by atoms with Crippen LogP contribution in [0.15, 0.2) is 0 Å². The number of aliphatic hydroxyl groups is 2. The van der Waals surface area contributed by atoms with Crippen LogP contribution in [0.3, 0.4) is 0 Å². The number of aldehydes is 1. The van der Waals surface area contributed by atoms with Gasteiger partial charge in [0, 0.05) is 25.7 Å². The first-order valence-corrected chi connectivity index (χ1v) is 15.0. The Kier molecular flexibility index (Phi) is 24.9. The number of hydrogen-bond donors (Lipinski definition) is 2. The first-order chi connectivity index (χ1) is 18.9. The van der Waals surface area contributed by atoms with Crippen molar-refractivity contribution in [1.29, 1.82) is 0 Å². The number of aliphatic hydroxyl groups excluding tert-OH is 2. The molecule has 0 aromatic rings. The molecule has 0 saturated heterocycles. The van der Waals surface area contributed by atoms with E-state index in [1.807, 2.05) is 0 Å². The maximum absolute atomic E-state index is 12.1. The third-order valence-electron chi connectivity index (χ3n) is 6.73. The molecular weight excluding hydrogens is 504 g/mol. The van der Waals surface area contributed by atoms with Crippen LogP contribution in [0, 0.1) is 5.41 Å². The van der Waals surface area contributed by atoms with Crippen LogP contribution in [0.25, 0.3) is 0 Å². The van der Waals surface area contributed by atoms with Gasteiger partial charge in [0.2, 0.25) is 0 Å². The van der Waals surface area contributed by atoms with E-state index in [4.69, 9.17) is 14.2 Å². The molecule has 0 aromatic carbocycles. The molecule has 0 aliphatic carbocycles. The zero-order valence-electron chi connectivity index (χ0n) is 24.3. The molecule has 39 heavy (non-hydrogen) atoms. The second-order valence-electron chi connectivity index (χ2n) is 10.5. The zero-order valence-corrected chi connectivity index (χ0v) is 24.3. The molecular formula is C30H54O9. The van der Waals surface area contributed by atoms with Crippen LogP contribution in [0.4, 0.5) is 0 Å². The highest BCUT2D eigenvalue weighted by molar-refractivity contribution is 5.70. The van der Waals surface area contributed by atoms with Gasteiger partial charge in [-0.15, -0.1) is 0 Å². The smallest absolute Gasteiger partial charge is 0.305 e. The summed E-state index contributed by atoms with van der Waals surface area (Å²) >= 11 is 0. The summed E-state index contributed by atoms with van der Waals surface area (Å²) in [7, 11) is 0. The molecule has 0 heterocycles. The molecule has 0 rings (SSSR count). The average Bonchev–Trinajstić information content (AvgIpc) is 2.94. The van der Waals surface area contributed by atoms with Gasteiger partial charge in [0.05, 0.1) is 25.2 Å². The first kappa shape index (κ1) is 37.0. The maximum atomic E-state index is 12.1. The van der Waals surface area contributed by atoms with E-state index in [0.717, 1.165) is 51.2 Å². The second kappa shape index (κ2) is 26.2. The zero-order chi connectivity index (χ0) is 29.0. The van der Waals surface area contributed by atoms with Crippen LogP contribution in [-0.4, -0.2) is 67.4 Å². The van der Waals surface area contributed by atoms with Crippen molar-refractivity contribution in [3.8, 4) is 0 Å². The molecule has 0 spiro atoms. The van der Waals surface area contributed by atoms with E-state index >= 15 is 0 Å². The standard InChI is InChI=1S/C30H54O9/c1-2-3-4-5-6-12-17-22-37-27(34)18-14-9-10-15-20-29(36)39-26-30(23-32,24-33)25-38-28(35)19-13-8-7-11-16-21-31/h21,32-33H,2-20,22-26H2,1H3. The molecule has 0 amide bonds. The second-order valence-corrected chi connectivity index (χ2v) is 10.5. The molecule has 0 fully saturated rings. The fourth-order valence-corrected chi connectivity index (χ4v) is 3.95. The van der Waals surface area contributed by atoms with E-state index in [0.29, 0.717) is 38.7 Å². The van der Waals surface area contributed by atoms with Gasteiger partial charge in [-0.05, 0) is 32.1 Å². The third-order valence-corrected chi connectivity index (χ3v) is 6.73. The van der Waals surface area contributed by atoms with Gasteiger partial charge in [-0.1, -0.05) is 71.1 Å². The van der Waals surface area contributed by atoms with E-state index in [1.165, 1.54) is 32.1 Å². The molecule has 0 atom stereocenters. The van der Waals surface area contributed by atoms with E-state index in [9.17, 15) is 29.4 Å². The molecule has 228 valence electrons. The van der Waals surface area contributed by atoms with Crippen molar-refractivity contribution in [1.82, 2.24) is 0 Å². The summed E-state index contributed by atoms with van der Waals surface area (Å²) in [5.74, 6) is -1.05. The average molecular weight is 559 g/mol. The Hall–Kier alpha value is -2.00. The third kappa shape index (κ3) is 22.5. The van der Waals surface area contributed by atoms with Crippen molar-refractivity contribution < 1.29 is 43.6 Å². The monoisotopic (exact) mass is 558 g/mol. The molecule has 2 N–H and O–H groups in total. The van der Waals surface area contributed by atoms with Gasteiger partial charge in [0.25, 0.3) is 0 Å². The van der Waals surface area contributed by atoms with E-state index < -0.39 is 30.6 Å². The quantitative estimate of drug-likeness (QED) is 0.0573. The van der Waals surface area contributed by atoms with Crippen molar-refractivity contribution in [3.63, 3.8) is 0 Å². The SMILES string of the molecule is CCCCCCCCCOC(=O)CCCCCCC(=O)OCC(CO)(CO)COC(=O)CCCCCCC=O. The summed E-state index contributed by atoms with van der Waals surface area (Å²) < 4.78 is 15.7. The van der Waals surface area contributed by atoms with Gasteiger partial charge < -0.3 is 29.2 Å². The minimum Gasteiger partial charge on any atom is -0.466 e. The molecule has 0 bridgehead atoms. The van der Waals surface area contributed by atoms with Crippen LogP contribution < -0.4 is 0 Å². The van der Waals surface area contributed by atoms with Crippen molar-refractivity contribution in [2.24, 2.45) is 5.41 Å². The van der Waals surface area contributed by atoms with Crippen LogP contribution >= 0.6 is 0 Å². The van der Waals surface area contributed by atoms with Gasteiger partial charge in [0.1, 0.15) is 19.5 Å². The number of carbonyl (C=O) groups is 4. The normalized spacial score (nSPS) is 11.3. The van der Waals surface area contributed by atoms with Crippen molar-refractivity contribution in [2.75, 3.05) is 33.0 Å². The van der Waals surface area contributed by atoms with Crippen LogP contribution in [-0.2, 0) is 33.4 Å². The Bertz CT molecular complexity index is 632. The van der Waals surface area contributed by atoms with Crippen molar-refractivity contribution >= 4 is 24.2 Å². The van der Waals surface area contributed by atoms with E-state index in [1.54, 1.807) is 0 Å². The number of esters is 3. The number of unbranched alkanes of at least 4 members (excludes halogenated alkanes) is 13. The summed E-state index contributed by atoms with van der Waals surface area (Å²) in [4.78, 5) is 46.2. The molecule has 0 saturated carbocycles. The minimum atomic E-state index is -1.25. The molecule has 0 radical (unpaired) electrons. The lowest BCUT2D eigenvalue weighted by molar-refractivity contribution is -0.159. The number of carbonyl (C=O) groups excluding carboxylic acids is 4. The molecule has 9 heteroatoms. The topological polar surface area (TPSA) is 136 Å². The largest absolute Gasteiger partial charge is 0.466 e. The Morgan fingerprint density at radius 2 is 1.00 bits per heavy atom. The highest BCUT2D eigenvalue weighted by Crippen LogP contribution is 2.19. The Morgan fingerprint density at radius 3 is 1.46 bits per heavy atom. The van der Waals surface area contributed by atoms with Gasteiger partial charge >= 0.3 is 17.9 Å². The fourth-order valence-electron chi connectivity index (χ4n) is 3.95. The Labute approximate surface area is 235 Å². The Morgan fingerprint density at radius 1 is 0.590 bits per heavy atom. The van der Waals surface area contributed by atoms with Crippen molar-refractivity contribution in [2.45, 2.75) is 129 Å². The van der Waals surface area contributed by atoms with E-state index in [-0.39, 0.29) is 32.0 Å². The molecule has 9 nitrogen and oxygen atoms in total. The van der Waals surface area contributed by atoms with Crippen LogP contribution in [0.2, 0.25) is 0 Å². The lowest BCUT2D eigenvalue weighted by atomic mass is 9.92. The Balaban J connectivity index is 3.89. The minimum absolute atomic E-state index is 0.167. The van der Waals surface area contributed by atoms with Crippen molar-refractivity contribution in [3.05, 3.63) is 0 Å². The van der Waals surface area contributed by atoms with Gasteiger partial charge in [-0.2, -0.15) is 0 Å². The molecule has 0 aliphatic rings. The van der Waals surface area contributed by atoms with Gasteiger partial charge in [0.15, 0.2) is 0 Å². The lowest BCUT2D eigenvalue weighted by Crippen LogP contribution is -2.41. The first-order valence-electron chi connectivity index (χ1n) is 15.0. The highest BCUT2D eigenvalue weighted by Gasteiger charge is 2.32. The van der Waals surface area contributed by atoms with E-state index in [2.05, 4.69) is 6.92 Å². The summed E-state index contributed by atoms with van der Waals surface area (Å²) in [6, 6.07) is 0.